The van der Waals surface area contributed by atoms with Gasteiger partial charge >= 0.3 is 0 Å². The van der Waals surface area contributed by atoms with Crippen LogP contribution in [0.4, 0.5) is 0 Å². The molecule has 0 aliphatic carbocycles. The largest absolute Gasteiger partial charge is 0.491 e. The van der Waals surface area contributed by atoms with Crippen LogP contribution in [0, 0.1) is 6.92 Å². The quantitative estimate of drug-likeness (QED) is 0.624. The molecule has 0 radical (unpaired) electrons. The summed E-state index contributed by atoms with van der Waals surface area (Å²) in [4.78, 5) is 12.3. The number of carbonyl (C=O) groups excluding carboxylic acids is 1. The van der Waals surface area contributed by atoms with Crippen molar-refractivity contribution in [2.45, 2.75) is 26.5 Å². The molecule has 0 heterocycles. The van der Waals surface area contributed by atoms with Crippen molar-refractivity contribution in [3.05, 3.63) is 58.1 Å². The first-order valence-electron chi connectivity index (χ1n) is 8.41. The van der Waals surface area contributed by atoms with Crippen LogP contribution in [0.2, 0.25) is 0 Å². The summed E-state index contributed by atoms with van der Waals surface area (Å²) >= 11 is 3.45. The molecule has 26 heavy (non-hydrogen) atoms. The van der Waals surface area contributed by atoms with Crippen molar-refractivity contribution >= 4 is 21.8 Å². The maximum absolute atomic E-state index is 12.3. The SMILES string of the molecule is COCCOc1ccc(CNC(=O)[C@@H](C)Oc2ccc(C)cc2Br)cc1. The number of hydrogen-bond donors (Lipinski definition) is 1. The van der Waals surface area contributed by atoms with Gasteiger partial charge in [-0.25, -0.2) is 0 Å². The average Bonchev–Trinajstić information content (AvgIpc) is 2.63. The Kier molecular flexibility index (Phi) is 7.94. The van der Waals surface area contributed by atoms with Crippen LogP contribution in [0.3, 0.4) is 0 Å². The second kappa shape index (κ2) is 10.2. The monoisotopic (exact) mass is 421 g/mol. The number of rotatable bonds is 9. The van der Waals surface area contributed by atoms with Crippen LogP contribution in [-0.4, -0.2) is 32.3 Å². The van der Waals surface area contributed by atoms with E-state index in [2.05, 4.69) is 21.2 Å². The fourth-order valence-electron chi connectivity index (χ4n) is 2.22. The molecule has 0 aliphatic rings. The highest BCUT2D eigenvalue weighted by molar-refractivity contribution is 9.10. The molecule has 2 aromatic carbocycles. The van der Waals surface area contributed by atoms with Crippen molar-refractivity contribution in [1.82, 2.24) is 5.32 Å². The number of nitrogens with one attached hydrogen (secondary N) is 1. The molecule has 0 bridgehead atoms. The number of methoxy groups -OCH3 is 1. The number of halogens is 1. The first-order valence-corrected chi connectivity index (χ1v) is 9.20. The molecule has 0 aromatic heterocycles. The van der Waals surface area contributed by atoms with Crippen LogP contribution in [0.15, 0.2) is 46.9 Å². The van der Waals surface area contributed by atoms with Gasteiger partial charge in [0, 0.05) is 13.7 Å². The highest BCUT2D eigenvalue weighted by Gasteiger charge is 2.15. The minimum atomic E-state index is -0.592. The Morgan fingerprint density at radius 1 is 1.15 bits per heavy atom. The molecule has 0 spiro atoms. The third-order valence-electron chi connectivity index (χ3n) is 3.71. The van der Waals surface area contributed by atoms with Crippen LogP contribution in [0.1, 0.15) is 18.1 Å². The molecule has 0 fully saturated rings. The van der Waals surface area contributed by atoms with E-state index in [0.29, 0.717) is 25.5 Å². The van der Waals surface area contributed by atoms with Crippen molar-refractivity contribution in [1.29, 1.82) is 0 Å². The van der Waals surface area contributed by atoms with E-state index in [1.807, 2.05) is 49.4 Å². The van der Waals surface area contributed by atoms with Crippen LogP contribution < -0.4 is 14.8 Å². The molecule has 5 nitrogen and oxygen atoms in total. The lowest BCUT2D eigenvalue weighted by molar-refractivity contribution is -0.127. The van der Waals surface area contributed by atoms with Crippen LogP contribution in [0.5, 0.6) is 11.5 Å². The fraction of sp³-hybridized carbons (Fsp3) is 0.350. The van der Waals surface area contributed by atoms with Gasteiger partial charge in [0.2, 0.25) is 0 Å². The molecule has 140 valence electrons. The van der Waals surface area contributed by atoms with Crippen molar-refractivity contribution in [3.63, 3.8) is 0 Å². The van der Waals surface area contributed by atoms with Gasteiger partial charge < -0.3 is 19.5 Å². The molecule has 6 heteroatoms. The van der Waals surface area contributed by atoms with Gasteiger partial charge in [-0.15, -0.1) is 0 Å². The molecular weight excluding hydrogens is 398 g/mol. The Bertz CT molecular complexity index is 718. The summed E-state index contributed by atoms with van der Waals surface area (Å²) in [5, 5.41) is 2.88. The summed E-state index contributed by atoms with van der Waals surface area (Å²) in [5.41, 5.74) is 2.11. The highest BCUT2D eigenvalue weighted by Crippen LogP contribution is 2.26. The van der Waals surface area contributed by atoms with Gasteiger partial charge in [0.25, 0.3) is 5.91 Å². The standard InChI is InChI=1S/C20H24BrNO4/c1-14-4-9-19(18(21)12-14)26-15(2)20(23)22-13-16-5-7-17(8-6-16)25-11-10-24-3/h4-9,12,15H,10-11,13H2,1-3H3,(H,22,23)/t15-/m1/s1. The zero-order valence-electron chi connectivity index (χ0n) is 15.3. The molecule has 0 saturated heterocycles. The van der Waals surface area contributed by atoms with Gasteiger partial charge in [0.1, 0.15) is 18.1 Å². The maximum atomic E-state index is 12.3. The number of ether oxygens (including phenoxy) is 3. The van der Waals surface area contributed by atoms with Gasteiger partial charge in [0.15, 0.2) is 6.10 Å². The lowest BCUT2D eigenvalue weighted by Gasteiger charge is -2.16. The molecule has 0 saturated carbocycles. The lowest BCUT2D eigenvalue weighted by Crippen LogP contribution is -2.35. The Morgan fingerprint density at radius 3 is 2.54 bits per heavy atom. The molecule has 2 rings (SSSR count). The van der Waals surface area contributed by atoms with Crippen LogP contribution >= 0.6 is 15.9 Å². The summed E-state index contributed by atoms with van der Waals surface area (Å²) in [5.74, 6) is 1.26. The van der Waals surface area contributed by atoms with Gasteiger partial charge in [-0.2, -0.15) is 0 Å². The Labute approximate surface area is 162 Å². The minimum absolute atomic E-state index is 0.169. The number of hydrogen-bond acceptors (Lipinski definition) is 4. The normalized spacial score (nSPS) is 11.7. The Morgan fingerprint density at radius 2 is 1.88 bits per heavy atom. The predicted octanol–water partition coefficient (Wildman–Crippen LogP) is 3.87. The van der Waals surface area contributed by atoms with E-state index in [4.69, 9.17) is 14.2 Å². The molecule has 1 atom stereocenters. The average molecular weight is 422 g/mol. The zero-order valence-corrected chi connectivity index (χ0v) is 16.8. The number of benzene rings is 2. The molecular formula is C20H24BrNO4. The smallest absolute Gasteiger partial charge is 0.261 e. The van der Waals surface area contributed by atoms with E-state index in [1.54, 1.807) is 14.0 Å². The minimum Gasteiger partial charge on any atom is -0.491 e. The van der Waals surface area contributed by atoms with E-state index < -0.39 is 6.10 Å². The second-order valence-corrected chi connectivity index (χ2v) is 6.75. The Hall–Kier alpha value is -2.05. The van der Waals surface area contributed by atoms with E-state index in [1.165, 1.54) is 0 Å². The predicted molar refractivity (Wildman–Crippen MR) is 105 cm³/mol. The summed E-state index contributed by atoms with van der Waals surface area (Å²) in [6.45, 7) is 5.22. The maximum Gasteiger partial charge on any atom is 0.261 e. The zero-order chi connectivity index (χ0) is 18.9. The van der Waals surface area contributed by atoms with Gasteiger partial charge in [0.05, 0.1) is 11.1 Å². The third-order valence-corrected chi connectivity index (χ3v) is 4.33. The molecule has 2 aromatic rings. The first kappa shape index (κ1) is 20.3. The van der Waals surface area contributed by atoms with E-state index in [0.717, 1.165) is 21.3 Å². The van der Waals surface area contributed by atoms with E-state index in [9.17, 15) is 4.79 Å². The molecule has 0 aliphatic heterocycles. The molecule has 1 N–H and O–H groups in total. The van der Waals surface area contributed by atoms with Crippen molar-refractivity contribution in [2.24, 2.45) is 0 Å². The van der Waals surface area contributed by atoms with Crippen molar-refractivity contribution in [3.8, 4) is 11.5 Å². The summed E-state index contributed by atoms with van der Waals surface area (Å²) in [7, 11) is 1.64. The summed E-state index contributed by atoms with van der Waals surface area (Å²) in [6, 6.07) is 13.3. The topological polar surface area (TPSA) is 56.8 Å². The van der Waals surface area contributed by atoms with Crippen molar-refractivity contribution in [2.75, 3.05) is 20.3 Å². The van der Waals surface area contributed by atoms with E-state index >= 15 is 0 Å². The second-order valence-electron chi connectivity index (χ2n) is 5.90. The van der Waals surface area contributed by atoms with Crippen LogP contribution in [-0.2, 0) is 16.1 Å². The molecule has 1 amide bonds. The van der Waals surface area contributed by atoms with Gasteiger partial charge in [-0.1, -0.05) is 18.2 Å². The molecule has 0 unspecified atom stereocenters. The van der Waals surface area contributed by atoms with Crippen molar-refractivity contribution < 1.29 is 19.0 Å². The van der Waals surface area contributed by atoms with E-state index in [-0.39, 0.29) is 5.91 Å². The van der Waals surface area contributed by atoms with Crippen LogP contribution in [0.25, 0.3) is 0 Å². The highest BCUT2D eigenvalue weighted by atomic mass is 79.9. The third kappa shape index (κ3) is 6.35. The Balaban J connectivity index is 1.81. The number of amides is 1. The number of aryl methyl sites for hydroxylation is 1. The fourth-order valence-corrected chi connectivity index (χ4v) is 2.81. The summed E-state index contributed by atoms with van der Waals surface area (Å²) in [6.07, 6.45) is -0.592. The first-order chi connectivity index (χ1) is 12.5. The number of carbonyl (C=O) groups is 1. The summed E-state index contributed by atoms with van der Waals surface area (Å²) < 4.78 is 17.0. The van der Waals surface area contributed by atoms with Gasteiger partial charge in [-0.3, -0.25) is 4.79 Å². The lowest BCUT2D eigenvalue weighted by atomic mass is 10.2. The van der Waals surface area contributed by atoms with Gasteiger partial charge in [-0.05, 0) is 65.2 Å².